The molecule has 1 fully saturated rings. The molecule has 1 atom stereocenters. The fourth-order valence-corrected chi connectivity index (χ4v) is 2.58. The van der Waals surface area contributed by atoms with Gasteiger partial charge < -0.3 is 4.90 Å². The normalized spacial score (nSPS) is 19.1. The Balaban J connectivity index is 1.97. The molecule has 1 saturated heterocycles. The molecule has 1 aromatic heterocycles. The van der Waals surface area contributed by atoms with Crippen LogP contribution in [0.5, 0.6) is 0 Å². The second-order valence-corrected chi connectivity index (χ2v) is 4.58. The van der Waals surface area contributed by atoms with Gasteiger partial charge in [-0.15, -0.1) is 10.0 Å². The topological polar surface area (TPSA) is 21.1 Å². The first-order valence-corrected chi connectivity index (χ1v) is 6.08. The van der Waals surface area contributed by atoms with Crippen molar-refractivity contribution in [2.75, 3.05) is 11.4 Å². The molecule has 1 aliphatic heterocycles. The van der Waals surface area contributed by atoms with Crippen LogP contribution in [0.2, 0.25) is 0 Å². The van der Waals surface area contributed by atoms with Crippen LogP contribution in [0, 0.1) is 11.6 Å². The van der Waals surface area contributed by atoms with E-state index in [1.54, 1.807) is 4.90 Å². The van der Waals surface area contributed by atoms with Crippen LogP contribution in [0.3, 0.4) is 0 Å². The lowest BCUT2D eigenvalue weighted by atomic mass is 10.0. The highest BCUT2D eigenvalue weighted by molar-refractivity contribution is 5.43. The van der Waals surface area contributed by atoms with E-state index in [1.807, 2.05) is 0 Å². The van der Waals surface area contributed by atoms with Crippen molar-refractivity contribution in [1.29, 1.82) is 0 Å². The molecule has 19 heavy (non-hydrogen) atoms. The van der Waals surface area contributed by atoms with Gasteiger partial charge in [0.15, 0.2) is 5.82 Å². The predicted octanol–water partition coefficient (Wildman–Crippen LogP) is 3.24. The van der Waals surface area contributed by atoms with Gasteiger partial charge in [0.2, 0.25) is 0 Å². The van der Waals surface area contributed by atoms with E-state index >= 15 is 0 Å². The van der Waals surface area contributed by atoms with Crippen molar-refractivity contribution < 1.29 is 13.3 Å². The van der Waals surface area contributed by atoms with E-state index in [0.717, 1.165) is 18.6 Å². The maximum Gasteiger partial charge on any atom is 0.154 e. The summed E-state index contributed by atoms with van der Waals surface area (Å²) in [6.45, 7) is 0.650. The smallest absolute Gasteiger partial charge is 0.154 e. The Morgan fingerprint density at radius 3 is 2.79 bits per heavy atom. The summed E-state index contributed by atoms with van der Waals surface area (Å²) in [5, 5.41) is 3.68. The van der Waals surface area contributed by atoms with E-state index in [1.165, 1.54) is 18.3 Å². The van der Waals surface area contributed by atoms with E-state index in [0.29, 0.717) is 24.3 Å². The molecule has 6 heteroatoms. The molecule has 0 radical (unpaired) electrons. The van der Waals surface area contributed by atoms with E-state index in [2.05, 4.69) is 5.10 Å². The molecule has 1 aliphatic rings. The number of aromatic nitrogens is 2. The number of anilines is 1. The van der Waals surface area contributed by atoms with Crippen molar-refractivity contribution >= 4 is 5.82 Å². The van der Waals surface area contributed by atoms with Crippen LogP contribution < -0.4 is 4.90 Å². The van der Waals surface area contributed by atoms with Gasteiger partial charge in [-0.2, -0.15) is 0 Å². The number of hydrogen-bond acceptors (Lipinski definition) is 2. The van der Waals surface area contributed by atoms with Gasteiger partial charge in [0.25, 0.3) is 0 Å². The Labute approximate surface area is 108 Å². The van der Waals surface area contributed by atoms with E-state index in [4.69, 9.17) is 0 Å². The monoisotopic (exact) mass is 267 g/mol. The van der Waals surface area contributed by atoms with Crippen molar-refractivity contribution in [3.05, 3.63) is 47.7 Å². The number of nitrogens with zero attached hydrogens (tertiary/aromatic N) is 3. The lowest BCUT2D eigenvalue weighted by Crippen LogP contribution is -2.24. The van der Waals surface area contributed by atoms with Crippen LogP contribution in [0.25, 0.3) is 0 Å². The number of rotatable bonds is 2. The third-order valence-electron chi connectivity index (χ3n) is 3.41. The fourth-order valence-electron chi connectivity index (χ4n) is 2.58. The lowest BCUT2D eigenvalue weighted by Gasteiger charge is -2.25. The quantitative estimate of drug-likeness (QED) is 0.833. The van der Waals surface area contributed by atoms with Crippen molar-refractivity contribution in [2.24, 2.45) is 0 Å². The highest BCUT2D eigenvalue weighted by Crippen LogP contribution is 2.36. The van der Waals surface area contributed by atoms with Gasteiger partial charge in [-0.05, 0) is 31.0 Å². The lowest BCUT2D eigenvalue weighted by molar-refractivity contribution is 0.316. The van der Waals surface area contributed by atoms with Crippen LogP contribution in [0.15, 0.2) is 30.5 Å². The van der Waals surface area contributed by atoms with Crippen LogP contribution in [0.1, 0.15) is 24.4 Å². The Morgan fingerprint density at radius 2 is 2.05 bits per heavy atom. The Bertz CT molecular complexity index is 597. The molecule has 1 aromatic carbocycles. The molecular formula is C13H12F3N3. The molecular weight excluding hydrogens is 255 g/mol. The number of hydrogen-bond donors (Lipinski definition) is 0. The average molecular weight is 267 g/mol. The summed E-state index contributed by atoms with van der Waals surface area (Å²) in [6.07, 6.45) is 2.71. The first-order chi connectivity index (χ1) is 9.15. The molecule has 0 bridgehead atoms. The Morgan fingerprint density at radius 1 is 1.21 bits per heavy atom. The Kier molecular flexibility index (Phi) is 2.93. The Hall–Kier alpha value is -1.98. The molecule has 0 amide bonds. The summed E-state index contributed by atoms with van der Waals surface area (Å²) in [5.41, 5.74) is 0.297. The van der Waals surface area contributed by atoms with E-state index in [-0.39, 0.29) is 10.9 Å². The minimum atomic E-state index is -0.473. The first-order valence-electron chi connectivity index (χ1n) is 6.08. The van der Waals surface area contributed by atoms with Gasteiger partial charge >= 0.3 is 0 Å². The molecule has 0 saturated carbocycles. The van der Waals surface area contributed by atoms with E-state index < -0.39 is 11.6 Å². The number of halogens is 3. The summed E-state index contributed by atoms with van der Waals surface area (Å²) in [5.74, 6) is -0.481. The van der Waals surface area contributed by atoms with Crippen molar-refractivity contribution in [3.63, 3.8) is 0 Å². The van der Waals surface area contributed by atoms with Crippen LogP contribution in [-0.4, -0.2) is 16.5 Å². The zero-order valence-corrected chi connectivity index (χ0v) is 10.1. The van der Waals surface area contributed by atoms with E-state index in [9.17, 15) is 13.3 Å². The highest BCUT2D eigenvalue weighted by Gasteiger charge is 2.30. The molecule has 100 valence electrons. The molecule has 2 heterocycles. The summed E-state index contributed by atoms with van der Waals surface area (Å²) in [4.78, 5) is 2.01. The molecule has 0 unspecified atom stereocenters. The molecule has 0 spiro atoms. The van der Waals surface area contributed by atoms with Crippen molar-refractivity contribution in [3.8, 4) is 0 Å². The van der Waals surface area contributed by atoms with Crippen LogP contribution >= 0.6 is 0 Å². The van der Waals surface area contributed by atoms with Crippen LogP contribution in [-0.2, 0) is 0 Å². The van der Waals surface area contributed by atoms with Gasteiger partial charge in [-0.25, -0.2) is 8.78 Å². The van der Waals surface area contributed by atoms with Gasteiger partial charge in [-0.3, -0.25) is 0 Å². The summed E-state index contributed by atoms with van der Waals surface area (Å²) in [7, 11) is 0. The summed E-state index contributed by atoms with van der Waals surface area (Å²) < 4.78 is 40.0. The van der Waals surface area contributed by atoms with Crippen molar-refractivity contribution in [2.45, 2.75) is 18.9 Å². The zero-order valence-electron chi connectivity index (χ0n) is 10.1. The minimum Gasteiger partial charge on any atom is -0.348 e. The predicted molar refractivity (Wildman–Crippen MR) is 64.4 cm³/mol. The standard InChI is InChI=1S/C13H12F3N3/c14-9-3-4-11(15)10(8-9)12-2-1-6-18(12)13-5-7-19(16)17-13/h3-5,7-8,12H,1-2,6H2/t12-/m1/s1. The molecule has 0 N–H and O–H groups in total. The summed E-state index contributed by atoms with van der Waals surface area (Å²) in [6, 6.07) is 4.63. The molecule has 3 nitrogen and oxygen atoms in total. The fraction of sp³-hybridized carbons (Fsp3) is 0.308. The maximum absolute atomic E-state index is 13.8. The SMILES string of the molecule is Fc1ccc(F)c([C@H]2CCCN2c2ccn(F)n2)c1. The third kappa shape index (κ3) is 2.18. The van der Waals surface area contributed by atoms with Crippen LogP contribution in [0.4, 0.5) is 19.1 Å². The second-order valence-electron chi connectivity index (χ2n) is 4.58. The minimum absolute atomic E-state index is 0.215. The summed E-state index contributed by atoms with van der Waals surface area (Å²) >= 11 is 0. The molecule has 0 aliphatic carbocycles. The highest BCUT2D eigenvalue weighted by atomic mass is 19.2. The molecule has 2 aromatic rings. The first kappa shape index (κ1) is 12.1. The van der Waals surface area contributed by atoms with Crippen molar-refractivity contribution in [1.82, 2.24) is 10.0 Å². The molecule has 3 rings (SSSR count). The maximum atomic E-state index is 13.8. The second kappa shape index (κ2) is 4.60. The van der Waals surface area contributed by atoms with Gasteiger partial charge in [-0.1, -0.05) is 4.48 Å². The zero-order chi connectivity index (χ0) is 13.4. The average Bonchev–Trinajstić information content (AvgIpc) is 3.00. The van der Waals surface area contributed by atoms with Gasteiger partial charge in [0.05, 0.1) is 12.2 Å². The largest absolute Gasteiger partial charge is 0.348 e. The third-order valence-corrected chi connectivity index (χ3v) is 3.41. The van der Waals surface area contributed by atoms with Gasteiger partial charge in [0.1, 0.15) is 11.6 Å². The number of benzene rings is 1. The van der Waals surface area contributed by atoms with Gasteiger partial charge in [0, 0.05) is 18.2 Å².